The molecule has 0 amide bonds. The van der Waals surface area contributed by atoms with Crippen molar-refractivity contribution in [2.75, 3.05) is 6.54 Å². The number of benzene rings is 1. The van der Waals surface area contributed by atoms with Crippen LogP contribution in [0, 0.1) is 0 Å². The third-order valence-electron chi connectivity index (χ3n) is 3.60. The normalized spacial score (nSPS) is 11.3. The highest BCUT2D eigenvalue weighted by Gasteiger charge is 2.10. The number of hydrogen-bond acceptors (Lipinski definition) is 3. The van der Waals surface area contributed by atoms with Crippen LogP contribution in [-0.4, -0.2) is 26.1 Å². The summed E-state index contributed by atoms with van der Waals surface area (Å²) in [5.41, 5.74) is 3.33. The van der Waals surface area contributed by atoms with E-state index in [4.69, 9.17) is 5.10 Å². The highest BCUT2D eigenvalue weighted by atomic mass is 15.3. The fourth-order valence-corrected chi connectivity index (χ4v) is 2.55. The molecule has 0 aliphatic heterocycles. The van der Waals surface area contributed by atoms with Crippen molar-refractivity contribution < 1.29 is 0 Å². The van der Waals surface area contributed by atoms with Gasteiger partial charge >= 0.3 is 0 Å². The topological polar surface area (TPSA) is 47.7 Å². The molecular formula is C16H21N5. The Morgan fingerprint density at radius 1 is 1.10 bits per heavy atom. The highest BCUT2D eigenvalue weighted by molar-refractivity contribution is 5.81. The first-order valence-corrected chi connectivity index (χ1v) is 7.49. The molecule has 1 N–H and O–H groups in total. The van der Waals surface area contributed by atoms with Crippen LogP contribution in [0.4, 0.5) is 0 Å². The van der Waals surface area contributed by atoms with Crippen molar-refractivity contribution in [3.05, 3.63) is 47.9 Å². The van der Waals surface area contributed by atoms with Gasteiger partial charge in [0.05, 0.1) is 23.4 Å². The summed E-state index contributed by atoms with van der Waals surface area (Å²) < 4.78 is 4.01. The average molecular weight is 283 g/mol. The molecule has 5 nitrogen and oxygen atoms in total. The number of nitrogens with zero attached hydrogens (tertiary/aromatic N) is 4. The number of hydrogen-bond donors (Lipinski definition) is 1. The summed E-state index contributed by atoms with van der Waals surface area (Å²) in [6.07, 6.45) is 2.02. The first-order chi connectivity index (χ1) is 10.3. The smallest absolute Gasteiger partial charge is 0.0918 e. The quantitative estimate of drug-likeness (QED) is 0.755. The molecule has 2 aromatic heterocycles. The first kappa shape index (κ1) is 13.8. The lowest BCUT2D eigenvalue weighted by molar-refractivity contribution is 0.613. The Morgan fingerprint density at radius 3 is 2.76 bits per heavy atom. The molecule has 3 aromatic rings. The van der Waals surface area contributed by atoms with Crippen molar-refractivity contribution >= 4 is 10.9 Å². The lowest BCUT2D eigenvalue weighted by Gasteiger charge is -2.00. The van der Waals surface area contributed by atoms with E-state index in [-0.39, 0.29) is 0 Å². The highest BCUT2D eigenvalue weighted by Crippen LogP contribution is 2.19. The summed E-state index contributed by atoms with van der Waals surface area (Å²) in [4.78, 5) is 0. The lowest BCUT2D eigenvalue weighted by atomic mass is 10.2. The standard InChI is InChI=1S/C16H21N5/c1-3-17-11-13-9-10-20(18-13)12-15-14-7-5-6-8-16(14)21(4-2)19-15/h5-10,17H,3-4,11-12H2,1-2H3. The molecule has 0 radical (unpaired) electrons. The molecule has 21 heavy (non-hydrogen) atoms. The summed E-state index contributed by atoms with van der Waals surface area (Å²) in [7, 11) is 0. The summed E-state index contributed by atoms with van der Waals surface area (Å²) in [6.45, 7) is 7.57. The van der Waals surface area contributed by atoms with Crippen molar-refractivity contribution in [3.63, 3.8) is 0 Å². The van der Waals surface area contributed by atoms with Gasteiger partial charge in [0, 0.05) is 24.7 Å². The Labute approximate surface area is 124 Å². The van der Waals surface area contributed by atoms with Crippen LogP contribution in [0.3, 0.4) is 0 Å². The fourth-order valence-electron chi connectivity index (χ4n) is 2.55. The zero-order valence-corrected chi connectivity index (χ0v) is 12.6. The van der Waals surface area contributed by atoms with Crippen LogP contribution >= 0.6 is 0 Å². The van der Waals surface area contributed by atoms with E-state index in [2.05, 4.69) is 54.6 Å². The molecule has 0 atom stereocenters. The van der Waals surface area contributed by atoms with Crippen LogP contribution in [0.15, 0.2) is 36.5 Å². The Bertz CT molecular complexity index is 725. The van der Waals surface area contributed by atoms with Gasteiger partial charge in [-0.3, -0.25) is 9.36 Å². The average Bonchev–Trinajstić information content (AvgIpc) is 3.10. The van der Waals surface area contributed by atoms with E-state index in [0.717, 1.165) is 31.0 Å². The summed E-state index contributed by atoms with van der Waals surface area (Å²) in [6, 6.07) is 10.4. The van der Waals surface area contributed by atoms with Crippen molar-refractivity contribution in [2.45, 2.75) is 33.5 Å². The monoisotopic (exact) mass is 283 g/mol. The van der Waals surface area contributed by atoms with Crippen molar-refractivity contribution in [1.29, 1.82) is 0 Å². The molecule has 0 spiro atoms. The largest absolute Gasteiger partial charge is 0.311 e. The van der Waals surface area contributed by atoms with E-state index in [9.17, 15) is 0 Å². The number of aromatic nitrogens is 4. The van der Waals surface area contributed by atoms with Gasteiger partial charge in [-0.1, -0.05) is 25.1 Å². The van der Waals surface area contributed by atoms with Gasteiger partial charge in [-0.15, -0.1) is 0 Å². The molecule has 110 valence electrons. The predicted octanol–water partition coefficient (Wildman–Crippen LogP) is 2.41. The van der Waals surface area contributed by atoms with Gasteiger partial charge < -0.3 is 5.32 Å². The minimum Gasteiger partial charge on any atom is -0.311 e. The second kappa shape index (κ2) is 6.10. The maximum absolute atomic E-state index is 4.71. The molecule has 0 saturated carbocycles. The minimum absolute atomic E-state index is 0.708. The molecule has 0 unspecified atom stereocenters. The number of rotatable bonds is 6. The van der Waals surface area contributed by atoms with Gasteiger partial charge in [0.2, 0.25) is 0 Å². The predicted molar refractivity (Wildman–Crippen MR) is 84.1 cm³/mol. The van der Waals surface area contributed by atoms with E-state index in [1.807, 2.05) is 15.6 Å². The number of para-hydroxylation sites is 1. The van der Waals surface area contributed by atoms with E-state index >= 15 is 0 Å². The number of aryl methyl sites for hydroxylation is 1. The summed E-state index contributed by atoms with van der Waals surface area (Å²) in [5.74, 6) is 0. The molecule has 5 heteroatoms. The van der Waals surface area contributed by atoms with Crippen LogP contribution in [0.2, 0.25) is 0 Å². The zero-order chi connectivity index (χ0) is 14.7. The molecule has 0 bridgehead atoms. The Balaban J connectivity index is 1.86. The van der Waals surface area contributed by atoms with Crippen molar-refractivity contribution in [3.8, 4) is 0 Å². The van der Waals surface area contributed by atoms with Crippen molar-refractivity contribution in [2.24, 2.45) is 0 Å². The first-order valence-electron chi connectivity index (χ1n) is 7.49. The lowest BCUT2D eigenvalue weighted by Crippen LogP contribution is -2.12. The van der Waals surface area contributed by atoms with Crippen LogP contribution in [-0.2, 0) is 19.6 Å². The van der Waals surface area contributed by atoms with Gasteiger partial charge in [-0.05, 0) is 25.6 Å². The zero-order valence-electron chi connectivity index (χ0n) is 12.6. The van der Waals surface area contributed by atoms with Crippen molar-refractivity contribution in [1.82, 2.24) is 24.9 Å². The molecule has 0 saturated heterocycles. The number of fused-ring (bicyclic) bond motifs is 1. The molecule has 2 heterocycles. The molecule has 0 aliphatic carbocycles. The van der Waals surface area contributed by atoms with Crippen LogP contribution < -0.4 is 5.32 Å². The Morgan fingerprint density at radius 2 is 1.95 bits per heavy atom. The van der Waals surface area contributed by atoms with Crippen LogP contribution in [0.5, 0.6) is 0 Å². The molecule has 0 aliphatic rings. The van der Waals surface area contributed by atoms with Gasteiger partial charge in [-0.2, -0.15) is 10.2 Å². The Hall–Kier alpha value is -2.14. The summed E-state index contributed by atoms with van der Waals surface area (Å²) in [5, 5.41) is 13.8. The van der Waals surface area contributed by atoms with E-state index in [0.29, 0.717) is 6.54 Å². The van der Waals surface area contributed by atoms with Gasteiger partial charge in [0.15, 0.2) is 0 Å². The summed E-state index contributed by atoms with van der Waals surface area (Å²) >= 11 is 0. The third kappa shape index (κ3) is 2.83. The van der Waals surface area contributed by atoms with Gasteiger partial charge in [-0.25, -0.2) is 0 Å². The number of nitrogens with one attached hydrogen (secondary N) is 1. The SMILES string of the molecule is CCNCc1ccn(Cc2nn(CC)c3ccccc23)n1. The van der Waals surface area contributed by atoms with E-state index < -0.39 is 0 Å². The van der Waals surface area contributed by atoms with Gasteiger partial charge in [0.25, 0.3) is 0 Å². The fraction of sp³-hybridized carbons (Fsp3) is 0.375. The Kier molecular flexibility index (Phi) is 4.01. The second-order valence-corrected chi connectivity index (χ2v) is 5.06. The van der Waals surface area contributed by atoms with E-state index in [1.54, 1.807) is 0 Å². The maximum atomic E-state index is 4.71. The second-order valence-electron chi connectivity index (χ2n) is 5.06. The van der Waals surface area contributed by atoms with Crippen LogP contribution in [0.25, 0.3) is 10.9 Å². The van der Waals surface area contributed by atoms with E-state index in [1.165, 1.54) is 10.9 Å². The molecular weight excluding hydrogens is 262 g/mol. The van der Waals surface area contributed by atoms with Crippen LogP contribution in [0.1, 0.15) is 25.2 Å². The van der Waals surface area contributed by atoms with Gasteiger partial charge in [0.1, 0.15) is 0 Å². The minimum atomic E-state index is 0.708. The molecule has 0 fully saturated rings. The molecule has 3 rings (SSSR count). The molecule has 1 aromatic carbocycles. The maximum Gasteiger partial charge on any atom is 0.0918 e. The third-order valence-corrected chi connectivity index (χ3v) is 3.60.